The van der Waals surface area contributed by atoms with Crippen LogP contribution in [0, 0.1) is 63.2 Å². The van der Waals surface area contributed by atoms with E-state index in [2.05, 4.69) is 218 Å². The van der Waals surface area contributed by atoms with Crippen molar-refractivity contribution in [2.75, 3.05) is 0 Å². The van der Waals surface area contributed by atoms with E-state index >= 15 is 0 Å². The Morgan fingerprint density at radius 1 is 0.419 bits per heavy atom. The molecule has 0 saturated heterocycles. The van der Waals surface area contributed by atoms with Crippen molar-refractivity contribution in [1.82, 2.24) is 0 Å². The maximum Gasteiger partial charge on any atom is -0.00258 e. The molecule has 2 atom stereocenters. The molecule has 0 aliphatic heterocycles. The summed E-state index contributed by atoms with van der Waals surface area (Å²) in [6.45, 7) is 47.3. The van der Waals surface area contributed by atoms with Gasteiger partial charge < -0.3 is 0 Å². The molecule has 0 heteroatoms. The van der Waals surface area contributed by atoms with E-state index in [1.54, 1.807) is 32.1 Å². The second kappa shape index (κ2) is 42.8. The number of benzene rings is 6. The lowest BCUT2D eigenvalue weighted by Gasteiger charge is -2.45. The molecule has 414 valence electrons. The van der Waals surface area contributed by atoms with Crippen molar-refractivity contribution in [3.63, 3.8) is 0 Å². The van der Waals surface area contributed by atoms with Crippen molar-refractivity contribution in [3.8, 4) is 0 Å². The molecule has 3 aliphatic rings. The lowest BCUT2D eigenvalue weighted by Crippen LogP contribution is -2.34. The summed E-state index contributed by atoms with van der Waals surface area (Å²) in [4.78, 5) is 0. The minimum atomic E-state index is 0.586. The second-order valence-corrected chi connectivity index (χ2v) is 21.4. The molecule has 9 rings (SSSR count). The molecular weight excluding hydrogens is 889 g/mol. The minimum Gasteiger partial charge on any atom is -0.0683 e. The van der Waals surface area contributed by atoms with Crippen LogP contribution >= 0.6 is 0 Å². The van der Waals surface area contributed by atoms with Gasteiger partial charge in [0.1, 0.15) is 0 Å². The maximum absolute atomic E-state index is 2.46. The zero-order valence-electron chi connectivity index (χ0n) is 52.7. The van der Waals surface area contributed by atoms with Crippen molar-refractivity contribution >= 4 is 10.8 Å². The Kier molecular flexibility index (Phi) is 41.4. The van der Waals surface area contributed by atoms with E-state index < -0.39 is 0 Å². The van der Waals surface area contributed by atoms with Gasteiger partial charge in [-0.1, -0.05) is 312 Å². The Balaban J connectivity index is 0. The summed E-state index contributed by atoms with van der Waals surface area (Å²) in [6.07, 6.45) is 18.0. The van der Waals surface area contributed by atoms with Crippen molar-refractivity contribution in [1.29, 1.82) is 0 Å². The van der Waals surface area contributed by atoms with E-state index in [1.165, 1.54) is 105 Å². The summed E-state index contributed by atoms with van der Waals surface area (Å²) in [6, 6.07) is 49.4. The van der Waals surface area contributed by atoms with E-state index in [9.17, 15) is 0 Å². The lowest BCUT2D eigenvalue weighted by molar-refractivity contribution is 0.0581. The second-order valence-electron chi connectivity index (χ2n) is 21.4. The highest BCUT2D eigenvalue weighted by Gasteiger charge is 2.38. The third-order valence-corrected chi connectivity index (χ3v) is 13.9. The Morgan fingerprint density at radius 3 is 1.08 bits per heavy atom. The molecule has 2 bridgehead atoms. The summed E-state index contributed by atoms with van der Waals surface area (Å²) in [5, 5.41) is 2.75. The van der Waals surface area contributed by atoms with Gasteiger partial charge in [0.25, 0.3) is 0 Å². The summed E-state index contributed by atoms with van der Waals surface area (Å²) in [7, 11) is 0. The Morgan fingerprint density at radius 2 is 0.784 bits per heavy atom. The first-order valence-electron chi connectivity index (χ1n) is 30.2. The molecular formula is C74H118. The topological polar surface area (TPSA) is 0 Å². The number of rotatable bonds is 5. The summed E-state index contributed by atoms with van der Waals surface area (Å²) in [5.41, 5.74) is 13.5. The smallest absolute Gasteiger partial charge is 0.00258 e. The third kappa shape index (κ3) is 30.8. The highest BCUT2D eigenvalue weighted by molar-refractivity contribution is 5.88. The van der Waals surface area contributed by atoms with Crippen molar-refractivity contribution in [2.45, 2.75) is 236 Å². The van der Waals surface area contributed by atoms with Crippen LogP contribution in [0.2, 0.25) is 0 Å². The van der Waals surface area contributed by atoms with Crippen molar-refractivity contribution in [3.05, 3.63) is 190 Å². The molecule has 0 heterocycles. The Labute approximate surface area is 462 Å². The van der Waals surface area contributed by atoms with Crippen LogP contribution in [0.25, 0.3) is 10.8 Å². The first kappa shape index (κ1) is 71.7. The predicted octanol–water partition coefficient (Wildman–Crippen LogP) is 24.1. The van der Waals surface area contributed by atoms with Gasteiger partial charge in [-0.15, -0.1) is 0 Å². The molecule has 0 nitrogen and oxygen atoms in total. The fourth-order valence-corrected chi connectivity index (χ4v) is 10.5. The first-order chi connectivity index (χ1) is 35.5. The van der Waals surface area contributed by atoms with Gasteiger partial charge >= 0.3 is 0 Å². The molecule has 0 N–H and O–H groups in total. The third-order valence-electron chi connectivity index (χ3n) is 13.9. The van der Waals surface area contributed by atoms with E-state index in [-0.39, 0.29) is 0 Å². The van der Waals surface area contributed by atoms with Gasteiger partial charge in [0.2, 0.25) is 0 Å². The highest BCUT2D eigenvalue weighted by Crippen LogP contribution is 2.50. The van der Waals surface area contributed by atoms with Crippen LogP contribution in [-0.2, 0) is 19.3 Å². The van der Waals surface area contributed by atoms with Gasteiger partial charge in [-0.2, -0.15) is 0 Å². The van der Waals surface area contributed by atoms with E-state index in [4.69, 9.17) is 0 Å². The van der Waals surface area contributed by atoms with Crippen LogP contribution in [0.4, 0.5) is 0 Å². The molecule has 74 heavy (non-hydrogen) atoms. The van der Waals surface area contributed by atoms with Gasteiger partial charge in [0.15, 0.2) is 0 Å². The predicted molar refractivity (Wildman–Crippen MR) is 342 cm³/mol. The molecule has 3 fully saturated rings. The van der Waals surface area contributed by atoms with Crippen LogP contribution < -0.4 is 0 Å². The molecule has 6 aromatic rings. The summed E-state index contributed by atoms with van der Waals surface area (Å²) < 4.78 is 0. The number of hydrogen-bond acceptors (Lipinski definition) is 0. The normalized spacial score (nSPS) is 17.7. The molecule has 0 radical (unpaired) electrons. The van der Waals surface area contributed by atoms with Crippen LogP contribution in [-0.4, -0.2) is 0 Å². The molecule has 3 saturated carbocycles. The molecule has 0 amide bonds. The largest absolute Gasteiger partial charge is 0.0683 e. The van der Waals surface area contributed by atoms with Gasteiger partial charge in [-0.3, -0.25) is 0 Å². The molecule has 0 aromatic heterocycles. The highest BCUT2D eigenvalue weighted by atomic mass is 14.4. The van der Waals surface area contributed by atoms with E-state index in [0.29, 0.717) is 10.8 Å². The van der Waals surface area contributed by atoms with Crippen molar-refractivity contribution in [2.24, 2.45) is 28.6 Å². The number of fused-ring (bicyclic) bond motifs is 3. The van der Waals surface area contributed by atoms with Crippen LogP contribution in [0.3, 0.4) is 0 Å². The maximum atomic E-state index is 2.46. The van der Waals surface area contributed by atoms with Crippen molar-refractivity contribution < 1.29 is 0 Å². The number of hydrogen-bond donors (Lipinski definition) is 0. The number of aryl methyl sites for hydroxylation is 7. The van der Waals surface area contributed by atoms with Crippen LogP contribution in [0.1, 0.15) is 232 Å². The Hall–Kier alpha value is -4.42. The zero-order chi connectivity index (χ0) is 56.5. The minimum absolute atomic E-state index is 0.586. The fourth-order valence-electron chi connectivity index (χ4n) is 10.5. The fraction of sp³-hybridized carbons (Fsp3) is 0.541. The molecule has 2 unspecified atom stereocenters. The molecule has 6 aromatic carbocycles. The molecule has 3 aliphatic carbocycles. The first-order valence-corrected chi connectivity index (χ1v) is 30.2. The van der Waals surface area contributed by atoms with Gasteiger partial charge in [0, 0.05) is 0 Å². The SMILES string of the molecule is C1CC2CCC1C2.CC.CC.CC.CC.CCC.CCC1(C)CC(C)CC(C)(C)C1.CCc1cccc(CC)c1.Cc1ccc(Cc2ccc(C)cc2)cc1.Cc1cccc2c(C)cccc12.Cc1ccccc1. The van der Waals surface area contributed by atoms with E-state index in [1.807, 2.05) is 73.6 Å². The van der Waals surface area contributed by atoms with Gasteiger partial charge in [-0.05, 0) is 152 Å². The van der Waals surface area contributed by atoms with Crippen LogP contribution in [0.15, 0.2) is 140 Å². The summed E-state index contributed by atoms with van der Waals surface area (Å²) in [5.74, 6) is 3.27. The van der Waals surface area contributed by atoms with Gasteiger partial charge in [0.05, 0.1) is 0 Å². The molecule has 0 spiro atoms. The summed E-state index contributed by atoms with van der Waals surface area (Å²) >= 11 is 0. The monoisotopic (exact) mass is 1010 g/mol. The zero-order valence-corrected chi connectivity index (χ0v) is 52.7. The quantitative estimate of drug-likeness (QED) is 0.161. The average molecular weight is 1010 g/mol. The lowest BCUT2D eigenvalue weighted by atomic mass is 9.60. The Bertz CT molecular complexity index is 2060. The standard InChI is InChI=1S/C15H16.C12H12.C12H24.C10H14.C7H12.C7H8.C3H8.4C2H6/c1-12-3-7-14(8-4-12)11-15-9-5-13(2)6-10-15;1-9-5-3-8-12-10(2)6-4-7-11(9)12;1-6-12(5)8-10(2)7-11(3,4)9-12;1-3-9-6-5-7-10(4-2)8-9;1-2-7-4-3-6(1)5-7;1-7-5-3-2-4-6-7;1-3-2;4*1-2/h3-10H,11H2,1-2H3;3-8H,1-2H3;10H,6-9H2,1-5H3;5-8H,3-4H2,1-2H3;6-7H,1-5H2;2-6H,1H3;3H2,1-2H3;4*1-2H3. The van der Waals surface area contributed by atoms with Crippen LogP contribution in [0.5, 0.6) is 0 Å². The van der Waals surface area contributed by atoms with E-state index in [0.717, 1.165) is 25.2 Å². The average Bonchev–Trinajstić information content (AvgIpc) is 4.09. The van der Waals surface area contributed by atoms with Gasteiger partial charge in [-0.25, -0.2) is 0 Å².